The molecule has 0 aliphatic carbocycles. The molecule has 1 amide bonds. The summed E-state index contributed by atoms with van der Waals surface area (Å²) in [4.78, 5) is 21.1. The molecule has 13 heavy (non-hydrogen) atoms. The van der Waals surface area contributed by atoms with E-state index in [0.29, 0.717) is 5.56 Å². The Morgan fingerprint density at radius 2 is 1.92 bits per heavy atom. The number of amides is 1. The lowest BCUT2D eigenvalue weighted by Crippen LogP contribution is -2.01. The molecule has 0 aliphatic rings. The van der Waals surface area contributed by atoms with Crippen molar-refractivity contribution < 1.29 is 4.79 Å². The molecular formula is C10H11NO2. The minimum atomic E-state index is -0.690. The third-order valence-corrected chi connectivity index (χ3v) is 1.90. The number of nitrogens with zero attached hydrogens (tertiary/aromatic N) is 1. The second kappa shape index (κ2) is 3.94. The van der Waals surface area contributed by atoms with Crippen molar-refractivity contribution in [2.75, 3.05) is 0 Å². The highest BCUT2D eigenvalue weighted by Crippen LogP contribution is 2.19. The molecule has 0 atom stereocenters. The first-order chi connectivity index (χ1) is 6.16. The van der Waals surface area contributed by atoms with Crippen LogP contribution in [-0.2, 0) is 0 Å². The molecule has 0 N–H and O–H groups in total. The normalized spacial score (nSPS) is 10.1. The molecule has 1 aromatic rings. The Kier molecular flexibility index (Phi) is 2.90. The van der Waals surface area contributed by atoms with Gasteiger partial charge in [0.25, 0.3) is 0 Å². The molecule has 68 valence electrons. The lowest BCUT2D eigenvalue weighted by Gasteiger charge is -2.07. The summed E-state index contributed by atoms with van der Waals surface area (Å²) in [5.41, 5.74) is 1.28. The van der Waals surface area contributed by atoms with Gasteiger partial charge in [0.05, 0.1) is 0 Å². The van der Waals surface area contributed by atoms with Gasteiger partial charge in [0.2, 0.25) is 0 Å². The summed E-state index contributed by atoms with van der Waals surface area (Å²) in [5, 5.41) is 2.41. The minimum Gasteiger partial charge on any atom is -0.263 e. The largest absolute Gasteiger partial charge is 0.317 e. The maximum atomic E-state index is 11.1. The van der Waals surface area contributed by atoms with E-state index in [1.165, 1.54) is 0 Å². The molecule has 0 unspecified atom stereocenters. The van der Waals surface area contributed by atoms with Crippen molar-refractivity contribution in [1.29, 1.82) is 0 Å². The second-order valence-electron chi connectivity index (χ2n) is 3.14. The van der Waals surface area contributed by atoms with E-state index < -0.39 is 5.91 Å². The fourth-order valence-corrected chi connectivity index (χ4v) is 1.24. The topological polar surface area (TPSA) is 46.5 Å². The lowest BCUT2D eigenvalue weighted by molar-refractivity contribution is 0.0999. The fraction of sp³-hybridized carbons (Fsp3) is 0.300. The lowest BCUT2D eigenvalue weighted by atomic mass is 9.97. The number of carbonyl (C=O) groups excluding carboxylic acids is 1. The first-order valence-corrected chi connectivity index (χ1v) is 4.13. The first-order valence-electron chi connectivity index (χ1n) is 4.13. The third-order valence-electron chi connectivity index (χ3n) is 1.90. The van der Waals surface area contributed by atoms with Crippen LogP contribution in [0.5, 0.6) is 0 Å². The Bertz CT molecular complexity index is 331. The van der Waals surface area contributed by atoms with Gasteiger partial charge in [0.1, 0.15) is 0 Å². The standard InChI is InChI=1S/C10H11NO2/c1-7(2)8-5-3-4-6-9(8)10(12)11-13/h3-7H,1-2H3. The monoisotopic (exact) mass is 177 g/mol. The van der Waals surface area contributed by atoms with Gasteiger partial charge < -0.3 is 0 Å². The van der Waals surface area contributed by atoms with E-state index >= 15 is 0 Å². The molecule has 1 aromatic carbocycles. The van der Waals surface area contributed by atoms with Gasteiger partial charge in [0.15, 0.2) is 0 Å². The van der Waals surface area contributed by atoms with E-state index in [-0.39, 0.29) is 5.92 Å². The zero-order chi connectivity index (χ0) is 9.84. The zero-order valence-corrected chi connectivity index (χ0v) is 7.65. The summed E-state index contributed by atoms with van der Waals surface area (Å²) < 4.78 is 0. The zero-order valence-electron chi connectivity index (χ0n) is 7.65. The number of rotatable bonds is 2. The number of hydrogen-bond donors (Lipinski definition) is 0. The van der Waals surface area contributed by atoms with Gasteiger partial charge in [-0.2, -0.15) is 0 Å². The third kappa shape index (κ3) is 1.99. The van der Waals surface area contributed by atoms with Gasteiger partial charge in [-0.3, -0.25) is 4.79 Å². The SMILES string of the molecule is CC(C)c1ccccc1C(=O)N=O. The summed E-state index contributed by atoms with van der Waals surface area (Å²) in [6.45, 7) is 3.94. The van der Waals surface area contributed by atoms with E-state index in [9.17, 15) is 9.70 Å². The highest BCUT2D eigenvalue weighted by Gasteiger charge is 2.12. The van der Waals surface area contributed by atoms with Crippen LogP contribution in [0.1, 0.15) is 35.7 Å². The van der Waals surface area contributed by atoms with Crippen LogP contribution in [-0.4, -0.2) is 5.91 Å². The van der Waals surface area contributed by atoms with Crippen LogP contribution in [0.15, 0.2) is 29.4 Å². The van der Waals surface area contributed by atoms with Crippen LogP contribution in [0.25, 0.3) is 0 Å². The van der Waals surface area contributed by atoms with Gasteiger partial charge in [-0.25, -0.2) is 0 Å². The highest BCUT2D eigenvalue weighted by atomic mass is 16.3. The Labute approximate surface area is 76.7 Å². The van der Waals surface area contributed by atoms with E-state index in [1.807, 2.05) is 26.0 Å². The Morgan fingerprint density at radius 1 is 1.31 bits per heavy atom. The molecule has 3 heteroatoms. The van der Waals surface area contributed by atoms with Gasteiger partial charge in [-0.05, 0) is 17.5 Å². The molecular weight excluding hydrogens is 166 g/mol. The van der Waals surface area contributed by atoms with Crippen LogP contribution < -0.4 is 0 Å². The quantitative estimate of drug-likeness (QED) is 0.652. The van der Waals surface area contributed by atoms with Crippen LogP contribution in [0.2, 0.25) is 0 Å². The molecule has 0 bridgehead atoms. The average Bonchev–Trinajstić information content (AvgIpc) is 2.16. The molecule has 0 aromatic heterocycles. The minimum absolute atomic E-state index is 0.224. The van der Waals surface area contributed by atoms with Gasteiger partial charge in [-0.1, -0.05) is 32.0 Å². The number of nitroso groups, excluding NO2 is 1. The van der Waals surface area contributed by atoms with Crippen molar-refractivity contribution >= 4 is 5.91 Å². The summed E-state index contributed by atoms with van der Waals surface area (Å²) in [6, 6.07) is 7.03. The summed E-state index contributed by atoms with van der Waals surface area (Å²) >= 11 is 0. The predicted molar refractivity (Wildman–Crippen MR) is 50.7 cm³/mol. The van der Waals surface area contributed by atoms with E-state index in [0.717, 1.165) is 5.56 Å². The van der Waals surface area contributed by atoms with Crippen molar-refractivity contribution in [2.24, 2.45) is 5.18 Å². The van der Waals surface area contributed by atoms with Crippen molar-refractivity contribution in [1.82, 2.24) is 0 Å². The number of benzene rings is 1. The Morgan fingerprint density at radius 3 is 2.46 bits per heavy atom. The van der Waals surface area contributed by atoms with Crippen LogP contribution in [0, 0.1) is 4.91 Å². The van der Waals surface area contributed by atoms with E-state index in [2.05, 4.69) is 5.18 Å². The molecule has 3 nitrogen and oxygen atoms in total. The van der Waals surface area contributed by atoms with Crippen LogP contribution >= 0.6 is 0 Å². The van der Waals surface area contributed by atoms with E-state index in [1.54, 1.807) is 12.1 Å². The van der Waals surface area contributed by atoms with Crippen molar-refractivity contribution in [3.8, 4) is 0 Å². The highest BCUT2D eigenvalue weighted by molar-refractivity contribution is 5.96. The van der Waals surface area contributed by atoms with Gasteiger partial charge in [0, 0.05) is 10.7 Å². The predicted octanol–water partition coefficient (Wildman–Crippen LogP) is 2.72. The maximum Gasteiger partial charge on any atom is 0.317 e. The molecule has 0 saturated heterocycles. The van der Waals surface area contributed by atoms with Crippen LogP contribution in [0.4, 0.5) is 0 Å². The molecule has 1 rings (SSSR count). The van der Waals surface area contributed by atoms with E-state index in [4.69, 9.17) is 0 Å². The molecule has 0 fully saturated rings. The fourth-order valence-electron chi connectivity index (χ4n) is 1.24. The smallest absolute Gasteiger partial charge is 0.263 e. The van der Waals surface area contributed by atoms with Crippen molar-refractivity contribution in [3.05, 3.63) is 40.3 Å². The second-order valence-corrected chi connectivity index (χ2v) is 3.14. The van der Waals surface area contributed by atoms with Gasteiger partial charge in [-0.15, -0.1) is 4.91 Å². The Hall–Kier alpha value is -1.51. The van der Waals surface area contributed by atoms with Crippen molar-refractivity contribution in [2.45, 2.75) is 19.8 Å². The number of carbonyl (C=O) groups is 1. The van der Waals surface area contributed by atoms with Gasteiger partial charge >= 0.3 is 5.91 Å². The summed E-state index contributed by atoms with van der Waals surface area (Å²) in [5.74, 6) is -0.466. The molecule has 0 aliphatic heterocycles. The molecule has 0 radical (unpaired) electrons. The summed E-state index contributed by atoms with van der Waals surface area (Å²) in [6.07, 6.45) is 0. The summed E-state index contributed by atoms with van der Waals surface area (Å²) in [7, 11) is 0. The molecule has 0 heterocycles. The number of hydrogen-bond acceptors (Lipinski definition) is 2. The average molecular weight is 177 g/mol. The van der Waals surface area contributed by atoms with Crippen molar-refractivity contribution in [3.63, 3.8) is 0 Å². The van der Waals surface area contributed by atoms with Crippen LogP contribution in [0.3, 0.4) is 0 Å². The molecule has 0 saturated carbocycles. The Balaban J connectivity index is 3.19. The molecule has 0 spiro atoms. The maximum absolute atomic E-state index is 11.1. The first kappa shape index (κ1) is 9.58.